The predicted molar refractivity (Wildman–Crippen MR) is 77.7 cm³/mol. The van der Waals surface area contributed by atoms with Crippen LogP contribution >= 0.6 is 0 Å². The van der Waals surface area contributed by atoms with E-state index in [0.29, 0.717) is 16.8 Å². The van der Waals surface area contributed by atoms with Crippen molar-refractivity contribution in [3.63, 3.8) is 0 Å². The number of rotatable bonds is 2. The molecule has 2 aromatic rings. The van der Waals surface area contributed by atoms with Crippen molar-refractivity contribution in [3.8, 4) is 6.07 Å². The van der Waals surface area contributed by atoms with Crippen LogP contribution in [0.3, 0.4) is 0 Å². The Morgan fingerprint density at radius 3 is 3.00 bits per heavy atom. The highest BCUT2D eigenvalue weighted by Crippen LogP contribution is 2.23. The number of hydrogen-bond acceptors (Lipinski definition) is 3. The lowest BCUT2D eigenvalue weighted by molar-refractivity contribution is 0.102. The molecule has 0 spiro atoms. The van der Waals surface area contributed by atoms with Crippen LogP contribution in [0.25, 0.3) is 0 Å². The summed E-state index contributed by atoms with van der Waals surface area (Å²) in [5, 5.41) is 14.9. The lowest BCUT2D eigenvalue weighted by atomic mass is 10.1. The number of nitrogens with zero attached hydrogens (tertiary/aromatic N) is 1. The molecule has 0 fully saturated rings. The Kier molecular flexibility index (Phi) is 3.10. The molecule has 0 aliphatic carbocycles. The first-order valence-corrected chi connectivity index (χ1v) is 6.44. The van der Waals surface area contributed by atoms with E-state index in [1.165, 1.54) is 5.56 Å². The van der Waals surface area contributed by atoms with Crippen LogP contribution in [0, 0.1) is 11.3 Å². The number of benzene rings is 2. The van der Waals surface area contributed by atoms with Gasteiger partial charge in [0.25, 0.3) is 5.91 Å². The van der Waals surface area contributed by atoms with Gasteiger partial charge < -0.3 is 10.6 Å². The van der Waals surface area contributed by atoms with Gasteiger partial charge in [-0.25, -0.2) is 0 Å². The van der Waals surface area contributed by atoms with E-state index in [-0.39, 0.29) is 5.91 Å². The topological polar surface area (TPSA) is 64.9 Å². The summed E-state index contributed by atoms with van der Waals surface area (Å²) in [6.45, 7) is 0.921. The molecule has 0 saturated heterocycles. The van der Waals surface area contributed by atoms with Crippen molar-refractivity contribution < 1.29 is 4.79 Å². The molecule has 98 valence electrons. The minimum atomic E-state index is -0.158. The molecule has 20 heavy (non-hydrogen) atoms. The zero-order chi connectivity index (χ0) is 13.9. The van der Waals surface area contributed by atoms with Gasteiger partial charge in [-0.1, -0.05) is 6.07 Å². The Balaban J connectivity index is 1.81. The number of carbonyl (C=O) groups excluding carboxylic acids is 1. The standard InChI is InChI=1S/C16H13N3O/c17-10-11-2-1-3-14(8-11)19-16(20)13-4-5-15-12(9-13)6-7-18-15/h1-5,8-9,18H,6-7H2,(H,19,20). The van der Waals surface area contributed by atoms with Gasteiger partial charge in [0.1, 0.15) is 0 Å². The highest BCUT2D eigenvalue weighted by atomic mass is 16.1. The second-order valence-corrected chi connectivity index (χ2v) is 4.70. The van der Waals surface area contributed by atoms with Gasteiger partial charge in [0.05, 0.1) is 11.6 Å². The molecule has 0 atom stereocenters. The zero-order valence-electron chi connectivity index (χ0n) is 10.8. The molecular formula is C16H13N3O. The van der Waals surface area contributed by atoms with Crippen LogP contribution in [-0.4, -0.2) is 12.5 Å². The first-order chi connectivity index (χ1) is 9.76. The third-order valence-electron chi connectivity index (χ3n) is 3.33. The number of carbonyl (C=O) groups is 1. The summed E-state index contributed by atoms with van der Waals surface area (Å²) < 4.78 is 0. The van der Waals surface area contributed by atoms with Gasteiger partial charge in [-0.05, 0) is 48.4 Å². The number of hydrogen-bond donors (Lipinski definition) is 2. The van der Waals surface area contributed by atoms with E-state index in [4.69, 9.17) is 5.26 Å². The Labute approximate surface area is 117 Å². The van der Waals surface area contributed by atoms with Gasteiger partial charge in [-0.3, -0.25) is 4.79 Å². The summed E-state index contributed by atoms with van der Waals surface area (Å²) in [6, 6.07) is 14.6. The second-order valence-electron chi connectivity index (χ2n) is 4.70. The lowest BCUT2D eigenvalue weighted by Gasteiger charge is -2.07. The van der Waals surface area contributed by atoms with E-state index >= 15 is 0 Å². The van der Waals surface area contributed by atoms with E-state index in [0.717, 1.165) is 18.7 Å². The monoisotopic (exact) mass is 263 g/mol. The molecule has 1 aliphatic rings. The molecular weight excluding hydrogens is 250 g/mol. The van der Waals surface area contributed by atoms with Crippen molar-refractivity contribution in [1.82, 2.24) is 0 Å². The highest BCUT2D eigenvalue weighted by molar-refractivity contribution is 6.04. The van der Waals surface area contributed by atoms with Gasteiger partial charge >= 0.3 is 0 Å². The number of nitriles is 1. The molecule has 0 unspecified atom stereocenters. The molecule has 0 radical (unpaired) electrons. The fraction of sp³-hybridized carbons (Fsp3) is 0.125. The van der Waals surface area contributed by atoms with E-state index in [9.17, 15) is 4.79 Å². The highest BCUT2D eigenvalue weighted by Gasteiger charge is 2.13. The number of anilines is 2. The van der Waals surface area contributed by atoms with Crippen LogP contribution in [0.5, 0.6) is 0 Å². The molecule has 0 aromatic heterocycles. The maximum atomic E-state index is 12.2. The number of fused-ring (bicyclic) bond motifs is 1. The van der Waals surface area contributed by atoms with E-state index in [1.807, 2.05) is 12.1 Å². The van der Waals surface area contributed by atoms with Crippen molar-refractivity contribution in [2.75, 3.05) is 17.2 Å². The van der Waals surface area contributed by atoms with Crippen LogP contribution in [-0.2, 0) is 6.42 Å². The smallest absolute Gasteiger partial charge is 0.255 e. The third-order valence-corrected chi connectivity index (χ3v) is 3.33. The van der Waals surface area contributed by atoms with E-state index < -0.39 is 0 Å². The maximum absolute atomic E-state index is 12.2. The minimum absolute atomic E-state index is 0.158. The molecule has 2 N–H and O–H groups in total. The zero-order valence-corrected chi connectivity index (χ0v) is 10.8. The summed E-state index contributed by atoms with van der Waals surface area (Å²) in [5.74, 6) is -0.158. The van der Waals surface area contributed by atoms with Gasteiger partial charge in [0.2, 0.25) is 0 Å². The number of nitrogens with one attached hydrogen (secondary N) is 2. The van der Waals surface area contributed by atoms with Gasteiger partial charge in [-0.15, -0.1) is 0 Å². The van der Waals surface area contributed by atoms with Crippen LogP contribution in [0.15, 0.2) is 42.5 Å². The lowest BCUT2D eigenvalue weighted by Crippen LogP contribution is -2.12. The first-order valence-electron chi connectivity index (χ1n) is 6.44. The van der Waals surface area contributed by atoms with Crippen LogP contribution in [0.2, 0.25) is 0 Å². The first kappa shape index (κ1) is 12.2. The summed E-state index contributed by atoms with van der Waals surface area (Å²) in [4.78, 5) is 12.2. The summed E-state index contributed by atoms with van der Waals surface area (Å²) in [7, 11) is 0. The van der Waals surface area contributed by atoms with Gasteiger partial charge in [0.15, 0.2) is 0 Å². The third kappa shape index (κ3) is 2.34. The van der Waals surface area contributed by atoms with Crippen LogP contribution < -0.4 is 10.6 Å². The van der Waals surface area contributed by atoms with Crippen molar-refractivity contribution >= 4 is 17.3 Å². The van der Waals surface area contributed by atoms with Crippen LogP contribution in [0.1, 0.15) is 21.5 Å². The maximum Gasteiger partial charge on any atom is 0.255 e. The number of amides is 1. The second kappa shape index (κ2) is 5.06. The van der Waals surface area contributed by atoms with Crippen LogP contribution in [0.4, 0.5) is 11.4 Å². The van der Waals surface area contributed by atoms with Gasteiger partial charge in [0, 0.05) is 23.5 Å². The Morgan fingerprint density at radius 2 is 2.15 bits per heavy atom. The average molecular weight is 263 g/mol. The Morgan fingerprint density at radius 1 is 1.25 bits per heavy atom. The quantitative estimate of drug-likeness (QED) is 0.875. The summed E-state index contributed by atoms with van der Waals surface area (Å²) >= 11 is 0. The molecule has 1 aliphatic heterocycles. The predicted octanol–water partition coefficient (Wildman–Crippen LogP) is 2.78. The summed E-state index contributed by atoms with van der Waals surface area (Å²) in [6.07, 6.45) is 0.945. The van der Waals surface area contributed by atoms with Crippen molar-refractivity contribution in [3.05, 3.63) is 59.2 Å². The van der Waals surface area contributed by atoms with E-state index in [2.05, 4.69) is 16.7 Å². The Hall–Kier alpha value is -2.80. The Bertz CT molecular complexity index is 716. The normalized spacial score (nSPS) is 12.2. The molecule has 1 amide bonds. The summed E-state index contributed by atoms with van der Waals surface area (Å²) in [5.41, 5.74) is 4.07. The average Bonchev–Trinajstić information content (AvgIpc) is 2.94. The fourth-order valence-electron chi connectivity index (χ4n) is 2.32. The molecule has 4 nitrogen and oxygen atoms in total. The largest absolute Gasteiger partial charge is 0.384 e. The van der Waals surface area contributed by atoms with Gasteiger partial charge in [-0.2, -0.15) is 5.26 Å². The van der Waals surface area contributed by atoms with E-state index in [1.54, 1.807) is 30.3 Å². The molecule has 1 heterocycles. The fourth-order valence-corrected chi connectivity index (χ4v) is 2.32. The molecule has 2 aromatic carbocycles. The van der Waals surface area contributed by atoms with Crippen molar-refractivity contribution in [1.29, 1.82) is 5.26 Å². The minimum Gasteiger partial charge on any atom is -0.384 e. The molecule has 0 bridgehead atoms. The SMILES string of the molecule is N#Cc1cccc(NC(=O)c2ccc3c(c2)CCN3)c1. The van der Waals surface area contributed by atoms with Crippen molar-refractivity contribution in [2.45, 2.75) is 6.42 Å². The molecule has 3 rings (SSSR count). The molecule has 0 saturated carbocycles. The van der Waals surface area contributed by atoms with Crippen molar-refractivity contribution in [2.24, 2.45) is 0 Å². The molecule has 4 heteroatoms.